The van der Waals surface area contributed by atoms with Crippen LogP contribution in [0.3, 0.4) is 0 Å². The molecule has 0 bridgehead atoms. The first-order valence-electron chi connectivity index (χ1n) is 6.90. The van der Waals surface area contributed by atoms with E-state index in [1.165, 1.54) is 23.3 Å². The molecule has 1 aromatic rings. The van der Waals surface area contributed by atoms with Crippen molar-refractivity contribution in [1.29, 1.82) is 0 Å². The van der Waals surface area contributed by atoms with E-state index in [9.17, 15) is 4.79 Å². The van der Waals surface area contributed by atoms with E-state index in [0.29, 0.717) is 0 Å². The molecule has 0 saturated carbocycles. The van der Waals surface area contributed by atoms with Crippen molar-refractivity contribution in [3.05, 3.63) is 21.4 Å². The summed E-state index contributed by atoms with van der Waals surface area (Å²) < 4.78 is 0. The molecule has 1 aliphatic heterocycles. The molecule has 0 aromatic carbocycles. The number of aryl methyl sites for hydroxylation is 2. The average Bonchev–Trinajstić information content (AvgIpc) is 2.82. The van der Waals surface area contributed by atoms with Gasteiger partial charge in [-0.25, -0.2) is 0 Å². The molecule has 98 valence electrons. The predicted octanol–water partition coefficient (Wildman–Crippen LogP) is 2.19. The maximum Gasteiger partial charge on any atom is 0.263 e. The maximum atomic E-state index is 12.4. The second-order valence-electron chi connectivity index (χ2n) is 5.40. The van der Waals surface area contributed by atoms with Gasteiger partial charge in [0.1, 0.15) is 0 Å². The number of piperidine rings is 1. The van der Waals surface area contributed by atoms with Gasteiger partial charge in [0.15, 0.2) is 0 Å². The molecule has 1 saturated heterocycles. The van der Waals surface area contributed by atoms with Gasteiger partial charge in [-0.1, -0.05) is 0 Å². The third kappa shape index (κ3) is 2.31. The van der Waals surface area contributed by atoms with Gasteiger partial charge in [0.25, 0.3) is 5.91 Å². The first-order chi connectivity index (χ1) is 8.74. The number of hydrogen-bond acceptors (Lipinski definition) is 3. The zero-order chi connectivity index (χ0) is 12.5. The fourth-order valence-electron chi connectivity index (χ4n) is 2.85. The summed E-state index contributed by atoms with van der Waals surface area (Å²) in [6.45, 7) is 1.64. The predicted molar refractivity (Wildman–Crippen MR) is 74.1 cm³/mol. The van der Waals surface area contributed by atoms with Crippen LogP contribution in [0, 0.1) is 0 Å². The van der Waals surface area contributed by atoms with Gasteiger partial charge in [0.05, 0.1) is 4.88 Å². The van der Waals surface area contributed by atoms with Crippen LogP contribution >= 0.6 is 11.3 Å². The van der Waals surface area contributed by atoms with E-state index < -0.39 is 0 Å². The number of fused-ring (bicyclic) bond motifs is 1. The number of carbonyl (C=O) groups is 1. The van der Waals surface area contributed by atoms with Gasteiger partial charge in [-0.3, -0.25) is 4.79 Å². The number of nitrogens with zero attached hydrogens (tertiary/aromatic N) is 1. The van der Waals surface area contributed by atoms with Crippen LogP contribution in [0.5, 0.6) is 0 Å². The van der Waals surface area contributed by atoms with Crippen molar-refractivity contribution in [1.82, 2.24) is 4.90 Å². The van der Waals surface area contributed by atoms with Crippen LogP contribution in [0.2, 0.25) is 0 Å². The van der Waals surface area contributed by atoms with Gasteiger partial charge >= 0.3 is 0 Å². The smallest absolute Gasteiger partial charge is 0.263 e. The van der Waals surface area contributed by atoms with Crippen LogP contribution in [0.1, 0.15) is 45.8 Å². The largest absolute Gasteiger partial charge is 0.338 e. The summed E-state index contributed by atoms with van der Waals surface area (Å²) in [5, 5.41) is 0. The Hall–Kier alpha value is -0.870. The van der Waals surface area contributed by atoms with E-state index in [4.69, 9.17) is 5.73 Å². The zero-order valence-corrected chi connectivity index (χ0v) is 11.5. The highest BCUT2D eigenvalue weighted by Gasteiger charge is 2.24. The lowest BCUT2D eigenvalue weighted by Crippen LogP contribution is -2.42. The summed E-state index contributed by atoms with van der Waals surface area (Å²) in [7, 11) is 0. The number of carbonyl (C=O) groups excluding carboxylic acids is 1. The third-order valence-corrected chi connectivity index (χ3v) is 5.26. The van der Waals surface area contributed by atoms with E-state index in [1.807, 2.05) is 4.90 Å². The highest BCUT2D eigenvalue weighted by atomic mass is 32.1. The van der Waals surface area contributed by atoms with Gasteiger partial charge in [-0.2, -0.15) is 0 Å². The van der Waals surface area contributed by atoms with Crippen LogP contribution in [0.15, 0.2) is 6.07 Å². The third-order valence-electron chi connectivity index (χ3n) is 4.03. The highest BCUT2D eigenvalue weighted by Crippen LogP contribution is 2.30. The molecular formula is C14H20N2OS. The highest BCUT2D eigenvalue weighted by molar-refractivity contribution is 7.14. The van der Waals surface area contributed by atoms with Crippen LogP contribution in [-0.2, 0) is 12.8 Å². The molecule has 4 heteroatoms. The lowest BCUT2D eigenvalue weighted by Gasteiger charge is -2.29. The van der Waals surface area contributed by atoms with E-state index in [-0.39, 0.29) is 11.9 Å². The Balaban J connectivity index is 1.74. The molecule has 2 N–H and O–H groups in total. The van der Waals surface area contributed by atoms with Crippen LogP contribution in [-0.4, -0.2) is 29.9 Å². The van der Waals surface area contributed by atoms with E-state index in [0.717, 1.165) is 43.6 Å². The number of amides is 1. The van der Waals surface area contributed by atoms with Crippen molar-refractivity contribution in [3.63, 3.8) is 0 Å². The number of hydrogen-bond donors (Lipinski definition) is 1. The summed E-state index contributed by atoms with van der Waals surface area (Å²) in [6.07, 6.45) is 6.76. The molecule has 1 amide bonds. The first kappa shape index (κ1) is 12.2. The SMILES string of the molecule is NC1CCN(C(=O)c2cc3c(s2)CCCC3)CC1. The van der Waals surface area contributed by atoms with Gasteiger partial charge in [0, 0.05) is 24.0 Å². The maximum absolute atomic E-state index is 12.4. The number of likely N-dealkylation sites (tertiary alicyclic amines) is 1. The summed E-state index contributed by atoms with van der Waals surface area (Å²) >= 11 is 1.72. The molecule has 3 rings (SSSR count). The standard InChI is InChI=1S/C14H20N2OS/c15-11-5-7-16(8-6-11)14(17)13-9-10-3-1-2-4-12(10)18-13/h9,11H,1-8,15H2. The summed E-state index contributed by atoms with van der Waals surface area (Å²) in [5.74, 6) is 0.223. The van der Waals surface area contributed by atoms with Gasteiger partial charge < -0.3 is 10.6 Å². The summed E-state index contributed by atoms with van der Waals surface area (Å²) in [5.41, 5.74) is 7.30. The van der Waals surface area contributed by atoms with Crippen LogP contribution in [0.25, 0.3) is 0 Å². The lowest BCUT2D eigenvalue weighted by atomic mass is 9.99. The molecule has 3 nitrogen and oxygen atoms in total. The van der Waals surface area contributed by atoms with E-state index >= 15 is 0 Å². The van der Waals surface area contributed by atoms with E-state index in [1.54, 1.807) is 11.3 Å². The fraction of sp³-hybridized carbons (Fsp3) is 0.643. The number of thiophene rings is 1. The van der Waals surface area contributed by atoms with Gasteiger partial charge in [-0.05, 0) is 50.2 Å². The van der Waals surface area contributed by atoms with Crippen molar-refractivity contribution in [2.24, 2.45) is 5.73 Å². The Morgan fingerprint density at radius 1 is 1.28 bits per heavy atom. The molecule has 0 spiro atoms. The van der Waals surface area contributed by atoms with Crippen molar-refractivity contribution < 1.29 is 4.79 Å². The molecule has 18 heavy (non-hydrogen) atoms. The number of rotatable bonds is 1. The summed E-state index contributed by atoms with van der Waals surface area (Å²) in [4.78, 5) is 16.8. The van der Waals surface area contributed by atoms with Gasteiger partial charge in [-0.15, -0.1) is 11.3 Å². The minimum Gasteiger partial charge on any atom is -0.338 e. The Morgan fingerprint density at radius 3 is 2.72 bits per heavy atom. The molecule has 0 unspecified atom stereocenters. The molecule has 1 aromatic heterocycles. The average molecular weight is 264 g/mol. The molecular weight excluding hydrogens is 244 g/mol. The number of nitrogens with two attached hydrogens (primary N) is 1. The van der Waals surface area contributed by atoms with Crippen molar-refractivity contribution >= 4 is 17.2 Å². The molecule has 2 aliphatic rings. The monoisotopic (exact) mass is 264 g/mol. The Bertz CT molecular complexity index is 423. The fourth-order valence-corrected chi connectivity index (χ4v) is 4.08. The normalized spacial score (nSPS) is 20.8. The quantitative estimate of drug-likeness (QED) is 0.845. The first-order valence-corrected chi connectivity index (χ1v) is 7.72. The van der Waals surface area contributed by atoms with Crippen molar-refractivity contribution in [2.75, 3.05) is 13.1 Å². The molecule has 1 aliphatic carbocycles. The minimum absolute atomic E-state index is 0.223. The second kappa shape index (κ2) is 5.02. The van der Waals surface area contributed by atoms with Crippen LogP contribution < -0.4 is 5.73 Å². The Morgan fingerprint density at radius 2 is 2.00 bits per heavy atom. The molecule has 0 radical (unpaired) electrons. The molecule has 2 heterocycles. The zero-order valence-electron chi connectivity index (χ0n) is 10.7. The minimum atomic E-state index is 0.223. The lowest BCUT2D eigenvalue weighted by molar-refractivity contribution is 0.0719. The van der Waals surface area contributed by atoms with Crippen molar-refractivity contribution in [2.45, 2.75) is 44.6 Å². The summed E-state index contributed by atoms with van der Waals surface area (Å²) in [6, 6.07) is 2.42. The Labute approximate surface area is 112 Å². The molecule has 0 atom stereocenters. The van der Waals surface area contributed by atoms with Crippen LogP contribution in [0.4, 0.5) is 0 Å². The van der Waals surface area contributed by atoms with Crippen molar-refractivity contribution in [3.8, 4) is 0 Å². The van der Waals surface area contributed by atoms with E-state index in [2.05, 4.69) is 6.07 Å². The van der Waals surface area contributed by atoms with Gasteiger partial charge in [0.2, 0.25) is 0 Å². The molecule has 1 fully saturated rings. The topological polar surface area (TPSA) is 46.3 Å². The Kier molecular flexibility index (Phi) is 3.39. The second-order valence-corrected chi connectivity index (χ2v) is 6.53.